The van der Waals surface area contributed by atoms with Gasteiger partial charge in [0.25, 0.3) is 0 Å². The second kappa shape index (κ2) is 5.67. The van der Waals surface area contributed by atoms with Crippen molar-refractivity contribution in [2.24, 2.45) is 5.92 Å². The van der Waals surface area contributed by atoms with Crippen LogP contribution < -0.4 is 0 Å². The number of aromatic nitrogens is 2. The second-order valence-corrected chi connectivity index (χ2v) is 5.41. The third-order valence-corrected chi connectivity index (χ3v) is 3.23. The first-order chi connectivity index (χ1) is 8.59. The van der Waals surface area contributed by atoms with Gasteiger partial charge in [0.05, 0.1) is 17.6 Å². The Kier molecular flexibility index (Phi) is 4.19. The van der Waals surface area contributed by atoms with Crippen molar-refractivity contribution in [1.82, 2.24) is 9.55 Å². The molecule has 0 fully saturated rings. The number of rotatable bonds is 5. The topological polar surface area (TPSA) is 29.9 Å². The highest BCUT2D eigenvalue weighted by atomic mass is 32.1. The van der Waals surface area contributed by atoms with Gasteiger partial charge in [-0.2, -0.15) is 0 Å². The lowest BCUT2D eigenvalue weighted by molar-refractivity contribution is 0.103. The Bertz CT molecular complexity index is 583. The lowest BCUT2D eigenvalue weighted by atomic mass is 10.2. The van der Waals surface area contributed by atoms with Crippen LogP contribution in [0.1, 0.15) is 19.4 Å². The van der Waals surface area contributed by atoms with Gasteiger partial charge in [0.1, 0.15) is 0 Å². The summed E-state index contributed by atoms with van der Waals surface area (Å²) in [5.74, 6) is 0.572. The Morgan fingerprint density at radius 2 is 2.17 bits per heavy atom. The number of hydrogen-bond acceptors (Lipinski definition) is 2. The Labute approximate surface area is 113 Å². The molecule has 4 heteroatoms. The molecule has 1 aromatic heterocycles. The predicted molar refractivity (Wildman–Crippen MR) is 77.5 cm³/mol. The molecule has 98 valence electrons. The van der Waals surface area contributed by atoms with Gasteiger partial charge < -0.3 is 14.3 Å². The molecule has 1 N–H and O–H groups in total. The number of nitrogens with one attached hydrogen (secondary N) is 1. The van der Waals surface area contributed by atoms with Crippen LogP contribution in [0.15, 0.2) is 18.2 Å². The highest BCUT2D eigenvalue weighted by Crippen LogP contribution is 2.18. The van der Waals surface area contributed by atoms with E-state index in [4.69, 9.17) is 17.0 Å². The van der Waals surface area contributed by atoms with Crippen LogP contribution in [0.5, 0.6) is 0 Å². The smallest absolute Gasteiger partial charge is 0.178 e. The average molecular weight is 264 g/mol. The van der Waals surface area contributed by atoms with E-state index < -0.39 is 0 Å². The summed E-state index contributed by atoms with van der Waals surface area (Å²) in [4.78, 5) is 3.24. The standard InChI is InChI=1S/C14H20N2OS/c1-10(2)9-17-8-7-16-13-11(3)5-4-6-12(13)15-14(16)18/h4-6,10H,7-9H2,1-3H3,(H,15,18). The maximum absolute atomic E-state index is 5.63. The van der Waals surface area contributed by atoms with Crippen molar-refractivity contribution < 1.29 is 4.74 Å². The van der Waals surface area contributed by atoms with Crippen molar-refractivity contribution in [3.05, 3.63) is 28.5 Å². The maximum Gasteiger partial charge on any atom is 0.178 e. The molecule has 0 saturated carbocycles. The molecule has 2 rings (SSSR count). The SMILES string of the molecule is Cc1cccc2[nH]c(=S)n(CCOCC(C)C)c12. The largest absolute Gasteiger partial charge is 0.379 e. The first kappa shape index (κ1) is 13.3. The van der Waals surface area contributed by atoms with Crippen molar-refractivity contribution in [3.8, 4) is 0 Å². The van der Waals surface area contributed by atoms with E-state index in [1.165, 1.54) is 11.1 Å². The first-order valence-corrected chi connectivity index (χ1v) is 6.76. The Balaban J connectivity index is 2.17. The van der Waals surface area contributed by atoms with Gasteiger partial charge in [-0.05, 0) is 36.7 Å². The summed E-state index contributed by atoms with van der Waals surface area (Å²) >= 11 is 5.37. The number of H-pyrrole nitrogens is 1. The summed E-state index contributed by atoms with van der Waals surface area (Å²) < 4.78 is 8.53. The van der Waals surface area contributed by atoms with Crippen LogP contribution in [0.2, 0.25) is 0 Å². The van der Waals surface area contributed by atoms with Gasteiger partial charge in [-0.3, -0.25) is 0 Å². The van der Waals surface area contributed by atoms with Crippen molar-refractivity contribution in [3.63, 3.8) is 0 Å². The van der Waals surface area contributed by atoms with E-state index in [0.29, 0.717) is 12.5 Å². The predicted octanol–water partition coefficient (Wildman–Crippen LogP) is 3.68. The van der Waals surface area contributed by atoms with E-state index in [-0.39, 0.29) is 0 Å². The molecule has 0 radical (unpaired) electrons. The van der Waals surface area contributed by atoms with Gasteiger partial charge >= 0.3 is 0 Å². The molecule has 0 amide bonds. The summed E-state index contributed by atoms with van der Waals surface area (Å²) in [6.45, 7) is 8.72. The van der Waals surface area contributed by atoms with Crippen LogP contribution in [0.25, 0.3) is 11.0 Å². The van der Waals surface area contributed by atoms with Crippen LogP contribution in [-0.4, -0.2) is 22.8 Å². The van der Waals surface area contributed by atoms with Crippen LogP contribution in [0.4, 0.5) is 0 Å². The summed E-state index contributed by atoms with van der Waals surface area (Å²) in [5.41, 5.74) is 3.53. The Morgan fingerprint density at radius 1 is 1.39 bits per heavy atom. The zero-order valence-electron chi connectivity index (χ0n) is 11.2. The van der Waals surface area contributed by atoms with E-state index in [0.717, 1.165) is 23.4 Å². The minimum absolute atomic E-state index is 0.572. The number of aryl methyl sites for hydroxylation is 1. The summed E-state index contributed by atoms with van der Waals surface area (Å²) in [5, 5.41) is 0. The average Bonchev–Trinajstić information content (AvgIpc) is 2.62. The van der Waals surface area contributed by atoms with Crippen LogP contribution in [0, 0.1) is 17.6 Å². The first-order valence-electron chi connectivity index (χ1n) is 6.35. The van der Waals surface area contributed by atoms with Crippen molar-refractivity contribution in [2.45, 2.75) is 27.3 Å². The van der Waals surface area contributed by atoms with E-state index in [1.54, 1.807) is 0 Å². The third kappa shape index (κ3) is 2.82. The highest BCUT2D eigenvalue weighted by Gasteiger charge is 2.06. The van der Waals surface area contributed by atoms with Crippen molar-refractivity contribution in [1.29, 1.82) is 0 Å². The molecule has 18 heavy (non-hydrogen) atoms. The molecule has 0 spiro atoms. The second-order valence-electron chi connectivity index (χ2n) is 5.02. The molecule has 0 aliphatic heterocycles. The molecular formula is C14H20N2OS. The minimum atomic E-state index is 0.572. The van der Waals surface area contributed by atoms with E-state index in [9.17, 15) is 0 Å². The number of para-hydroxylation sites is 1. The molecule has 3 nitrogen and oxygen atoms in total. The quantitative estimate of drug-likeness (QED) is 0.659. The molecule has 1 aromatic carbocycles. The van der Waals surface area contributed by atoms with Crippen molar-refractivity contribution in [2.75, 3.05) is 13.2 Å². The molecular weight excluding hydrogens is 244 g/mol. The lowest BCUT2D eigenvalue weighted by Gasteiger charge is -2.09. The van der Waals surface area contributed by atoms with Gasteiger partial charge in [-0.1, -0.05) is 26.0 Å². The normalized spacial score (nSPS) is 11.6. The fraction of sp³-hybridized carbons (Fsp3) is 0.500. The lowest BCUT2D eigenvalue weighted by Crippen LogP contribution is -2.09. The number of fused-ring (bicyclic) bond motifs is 1. The molecule has 0 bridgehead atoms. The van der Waals surface area contributed by atoms with Gasteiger partial charge in [0.2, 0.25) is 0 Å². The van der Waals surface area contributed by atoms with Crippen molar-refractivity contribution >= 4 is 23.3 Å². The monoisotopic (exact) mass is 264 g/mol. The van der Waals surface area contributed by atoms with Crippen LogP contribution in [0.3, 0.4) is 0 Å². The third-order valence-electron chi connectivity index (χ3n) is 2.90. The van der Waals surface area contributed by atoms with Crippen LogP contribution in [-0.2, 0) is 11.3 Å². The number of benzene rings is 1. The summed E-state index contributed by atoms with van der Waals surface area (Å²) in [7, 11) is 0. The highest BCUT2D eigenvalue weighted by molar-refractivity contribution is 7.71. The van der Waals surface area contributed by atoms with E-state index in [1.807, 2.05) is 6.07 Å². The number of aromatic amines is 1. The van der Waals surface area contributed by atoms with Gasteiger partial charge in [-0.15, -0.1) is 0 Å². The number of imidazole rings is 1. The van der Waals surface area contributed by atoms with Gasteiger partial charge in [0, 0.05) is 13.2 Å². The van der Waals surface area contributed by atoms with Gasteiger partial charge in [-0.25, -0.2) is 0 Å². The maximum atomic E-state index is 5.63. The molecule has 0 atom stereocenters. The molecule has 0 saturated heterocycles. The number of ether oxygens (including phenoxy) is 1. The zero-order chi connectivity index (χ0) is 13.1. The van der Waals surface area contributed by atoms with Gasteiger partial charge in [0.15, 0.2) is 4.77 Å². The zero-order valence-corrected chi connectivity index (χ0v) is 12.0. The van der Waals surface area contributed by atoms with E-state index in [2.05, 4.69) is 42.5 Å². The molecule has 0 unspecified atom stereocenters. The fourth-order valence-corrected chi connectivity index (χ4v) is 2.38. The number of nitrogens with zero attached hydrogens (tertiary/aromatic N) is 1. The Morgan fingerprint density at radius 3 is 2.89 bits per heavy atom. The fourth-order valence-electron chi connectivity index (χ4n) is 2.09. The summed E-state index contributed by atoms with van der Waals surface area (Å²) in [6, 6.07) is 6.21. The molecule has 2 aromatic rings. The molecule has 1 heterocycles. The molecule has 0 aliphatic rings. The van der Waals surface area contributed by atoms with E-state index >= 15 is 0 Å². The molecule has 0 aliphatic carbocycles. The van der Waals surface area contributed by atoms with Crippen LogP contribution >= 0.6 is 12.2 Å². The minimum Gasteiger partial charge on any atom is -0.379 e. The Hall–Kier alpha value is -1.13. The number of hydrogen-bond donors (Lipinski definition) is 1. The summed E-state index contributed by atoms with van der Waals surface area (Å²) in [6.07, 6.45) is 0.